The molecule has 2 aromatic rings. The number of methoxy groups -OCH3 is 1. The molecular weight excluding hydrogens is 341 g/mol. The Kier molecular flexibility index (Phi) is 5.26. The van der Waals surface area contributed by atoms with E-state index in [1.165, 1.54) is 13.2 Å². The van der Waals surface area contributed by atoms with Crippen LogP contribution in [0.15, 0.2) is 37.2 Å². The maximum Gasteiger partial charge on any atom is 0.255 e. The summed E-state index contributed by atoms with van der Waals surface area (Å²) in [6, 6.07) is 3.40. The number of amides is 1. The molecule has 1 amide bonds. The van der Waals surface area contributed by atoms with Gasteiger partial charge in [0.25, 0.3) is 5.88 Å². The number of nitrogens with zero attached hydrogens (tertiary/aromatic N) is 4. The molecule has 26 heavy (non-hydrogen) atoms. The van der Waals surface area contributed by atoms with Gasteiger partial charge in [0.1, 0.15) is 6.10 Å². The fourth-order valence-electron chi connectivity index (χ4n) is 2.51. The molecule has 0 radical (unpaired) electrons. The summed E-state index contributed by atoms with van der Waals surface area (Å²) in [6.07, 6.45) is 4.08. The van der Waals surface area contributed by atoms with Crippen LogP contribution in [0.1, 0.15) is 6.42 Å². The SMILES string of the molecule is C=CC(=O)N1CCC(Oc2nc(Nc3ccc(OC)nc3)ncc2F)C1. The van der Waals surface area contributed by atoms with Gasteiger partial charge >= 0.3 is 0 Å². The Morgan fingerprint density at radius 3 is 2.96 bits per heavy atom. The number of halogens is 1. The Hall–Kier alpha value is -3.23. The molecule has 8 nitrogen and oxygen atoms in total. The van der Waals surface area contributed by atoms with E-state index in [2.05, 4.69) is 26.8 Å². The van der Waals surface area contributed by atoms with Crippen LogP contribution in [0.2, 0.25) is 0 Å². The van der Waals surface area contributed by atoms with Crippen molar-refractivity contribution in [2.24, 2.45) is 0 Å². The third-order valence-electron chi connectivity index (χ3n) is 3.82. The number of ether oxygens (including phenoxy) is 2. The summed E-state index contributed by atoms with van der Waals surface area (Å²) in [5, 5.41) is 2.92. The highest BCUT2D eigenvalue weighted by Crippen LogP contribution is 2.22. The van der Waals surface area contributed by atoms with Gasteiger partial charge in [0, 0.05) is 19.0 Å². The number of hydrogen-bond donors (Lipinski definition) is 1. The van der Waals surface area contributed by atoms with Gasteiger partial charge in [-0.25, -0.2) is 9.97 Å². The van der Waals surface area contributed by atoms with Gasteiger partial charge in [-0.2, -0.15) is 9.37 Å². The Morgan fingerprint density at radius 2 is 2.27 bits per heavy atom. The smallest absolute Gasteiger partial charge is 0.255 e. The van der Waals surface area contributed by atoms with E-state index in [1.807, 2.05) is 0 Å². The van der Waals surface area contributed by atoms with Crippen LogP contribution in [0, 0.1) is 5.82 Å². The van der Waals surface area contributed by atoms with Gasteiger partial charge in [-0.1, -0.05) is 6.58 Å². The Labute approximate surface area is 149 Å². The van der Waals surface area contributed by atoms with Gasteiger partial charge in [0.05, 0.1) is 31.7 Å². The molecule has 0 saturated carbocycles. The quantitative estimate of drug-likeness (QED) is 0.788. The van der Waals surface area contributed by atoms with E-state index < -0.39 is 5.82 Å². The zero-order chi connectivity index (χ0) is 18.5. The van der Waals surface area contributed by atoms with Gasteiger partial charge in [0.15, 0.2) is 0 Å². The van der Waals surface area contributed by atoms with E-state index in [0.717, 1.165) is 6.20 Å². The summed E-state index contributed by atoms with van der Waals surface area (Å²) in [7, 11) is 1.52. The van der Waals surface area contributed by atoms with Crippen molar-refractivity contribution in [3.8, 4) is 11.8 Å². The fourth-order valence-corrected chi connectivity index (χ4v) is 2.51. The minimum atomic E-state index is -0.670. The Bertz CT molecular complexity index is 799. The van der Waals surface area contributed by atoms with Crippen LogP contribution in [-0.4, -0.2) is 52.1 Å². The van der Waals surface area contributed by atoms with Gasteiger partial charge in [0.2, 0.25) is 23.6 Å². The minimum Gasteiger partial charge on any atom is -0.481 e. The van der Waals surface area contributed by atoms with E-state index in [1.54, 1.807) is 23.2 Å². The zero-order valence-corrected chi connectivity index (χ0v) is 14.2. The molecular formula is C17H18FN5O3. The summed E-state index contributed by atoms with van der Waals surface area (Å²) in [6.45, 7) is 4.35. The molecule has 1 aliphatic heterocycles. The molecule has 1 fully saturated rings. The van der Waals surface area contributed by atoms with E-state index >= 15 is 0 Å². The summed E-state index contributed by atoms with van der Waals surface area (Å²) in [5.74, 6) is -0.364. The first kappa shape index (κ1) is 17.6. The predicted molar refractivity (Wildman–Crippen MR) is 91.9 cm³/mol. The van der Waals surface area contributed by atoms with Crippen molar-refractivity contribution < 1.29 is 18.7 Å². The molecule has 1 N–H and O–H groups in total. The monoisotopic (exact) mass is 359 g/mol. The first-order valence-electron chi connectivity index (χ1n) is 7.96. The number of nitrogens with one attached hydrogen (secondary N) is 1. The highest BCUT2D eigenvalue weighted by molar-refractivity contribution is 5.87. The number of carbonyl (C=O) groups is 1. The van der Waals surface area contributed by atoms with E-state index in [4.69, 9.17) is 9.47 Å². The molecule has 1 saturated heterocycles. The van der Waals surface area contributed by atoms with Crippen LogP contribution in [0.4, 0.5) is 16.0 Å². The highest BCUT2D eigenvalue weighted by Gasteiger charge is 2.27. The number of carbonyl (C=O) groups excluding carboxylic acids is 1. The third kappa shape index (κ3) is 4.05. The lowest BCUT2D eigenvalue weighted by molar-refractivity contribution is -0.125. The summed E-state index contributed by atoms with van der Waals surface area (Å²) in [5.41, 5.74) is 0.618. The molecule has 136 valence electrons. The molecule has 1 atom stereocenters. The molecule has 3 rings (SSSR count). The van der Waals surface area contributed by atoms with Crippen LogP contribution < -0.4 is 14.8 Å². The largest absolute Gasteiger partial charge is 0.481 e. The highest BCUT2D eigenvalue weighted by atomic mass is 19.1. The summed E-state index contributed by atoms with van der Waals surface area (Å²) in [4.78, 5) is 25.2. The average molecular weight is 359 g/mol. The Morgan fingerprint density at radius 1 is 1.42 bits per heavy atom. The van der Waals surface area contributed by atoms with Gasteiger partial charge in [-0.15, -0.1) is 0 Å². The topological polar surface area (TPSA) is 89.5 Å². The van der Waals surface area contributed by atoms with Crippen molar-refractivity contribution in [1.29, 1.82) is 0 Å². The van der Waals surface area contributed by atoms with Crippen molar-refractivity contribution in [2.75, 3.05) is 25.5 Å². The number of pyridine rings is 1. The number of hydrogen-bond acceptors (Lipinski definition) is 7. The molecule has 0 aromatic carbocycles. The van der Waals surface area contributed by atoms with Crippen LogP contribution in [-0.2, 0) is 4.79 Å². The zero-order valence-electron chi connectivity index (χ0n) is 14.2. The Balaban J connectivity index is 1.67. The van der Waals surface area contributed by atoms with E-state index in [9.17, 15) is 9.18 Å². The fraction of sp³-hybridized carbons (Fsp3) is 0.294. The molecule has 2 aromatic heterocycles. The third-order valence-corrected chi connectivity index (χ3v) is 3.82. The maximum atomic E-state index is 14.0. The summed E-state index contributed by atoms with van der Waals surface area (Å²) >= 11 is 0. The molecule has 1 unspecified atom stereocenters. The number of likely N-dealkylation sites (tertiary alicyclic amines) is 1. The molecule has 0 spiro atoms. The number of aromatic nitrogens is 3. The van der Waals surface area contributed by atoms with Gasteiger partial charge < -0.3 is 19.7 Å². The van der Waals surface area contributed by atoms with Crippen LogP contribution in [0.25, 0.3) is 0 Å². The van der Waals surface area contributed by atoms with Crippen LogP contribution in [0.5, 0.6) is 11.8 Å². The second-order valence-electron chi connectivity index (χ2n) is 5.58. The lowest BCUT2D eigenvalue weighted by atomic mass is 10.3. The van der Waals surface area contributed by atoms with Crippen molar-refractivity contribution >= 4 is 17.5 Å². The lowest BCUT2D eigenvalue weighted by Crippen LogP contribution is -2.29. The standard InChI is InChI=1S/C17H18FN5O3/c1-3-15(24)23-7-6-12(10-23)26-16-13(18)9-20-17(22-16)21-11-4-5-14(25-2)19-8-11/h3-5,8-9,12H,1,6-7,10H2,2H3,(H,20,21,22). The first-order chi connectivity index (χ1) is 12.6. The van der Waals surface area contributed by atoms with Gasteiger partial charge in [-0.3, -0.25) is 4.79 Å². The molecule has 9 heteroatoms. The molecule has 0 bridgehead atoms. The molecule has 1 aliphatic rings. The van der Waals surface area contributed by atoms with Crippen molar-refractivity contribution in [3.05, 3.63) is 43.0 Å². The van der Waals surface area contributed by atoms with Crippen molar-refractivity contribution in [3.63, 3.8) is 0 Å². The maximum absolute atomic E-state index is 14.0. The van der Waals surface area contributed by atoms with Crippen molar-refractivity contribution in [2.45, 2.75) is 12.5 Å². The van der Waals surface area contributed by atoms with E-state index in [0.29, 0.717) is 31.1 Å². The van der Waals surface area contributed by atoms with E-state index in [-0.39, 0.29) is 23.8 Å². The summed E-state index contributed by atoms with van der Waals surface area (Å²) < 4.78 is 24.6. The van der Waals surface area contributed by atoms with Gasteiger partial charge in [-0.05, 0) is 12.1 Å². The van der Waals surface area contributed by atoms with Crippen LogP contribution >= 0.6 is 0 Å². The normalized spacial score (nSPS) is 16.2. The van der Waals surface area contributed by atoms with Crippen molar-refractivity contribution in [1.82, 2.24) is 19.9 Å². The second kappa shape index (κ2) is 7.77. The van der Waals surface area contributed by atoms with Crippen LogP contribution in [0.3, 0.4) is 0 Å². The predicted octanol–water partition coefficient (Wildman–Crippen LogP) is 1.93. The molecule has 0 aliphatic carbocycles. The average Bonchev–Trinajstić information content (AvgIpc) is 3.13. The number of rotatable bonds is 6. The second-order valence-corrected chi connectivity index (χ2v) is 5.58. The number of anilines is 2. The lowest BCUT2D eigenvalue weighted by Gasteiger charge is -2.15. The molecule has 3 heterocycles. The first-order valence-corrected chi connectivity index (χ1v) is 7.96. The minimum absolute atomic E-state index is 0.165.